The molecule has 0 N–H and O–H groups in total. The predicted molar refractivity (Wildman–Crippen MR) is 256 cm³/mol. The van der Waals surface area contributed by atoms with Crippen LogP contribution in [0.1, 0.15) is 119 Å². The number of hydrogen-bond donors (Lipinski definition) is 0. The van der Waals surface area contributed by atoms with E-state index in [-0.39, 0.29) is 12.0 Å². The molecule has 3 heteroatoms. The van der Waals surface area contributed by atoms with Gasteiger partial charge in [-0.25, -0.2) is 0 Å². The molecule has 2 fully saturated rings. The molecule has 11 rings (SSSR count). The lowest BCUT2D eigenvalue weighted by Gasteiger charge is -2.36. The third kappa shape index (κ3) is 7.10. The maximum atomic E-state index is 6.93. The first-order valence-electron chi connectivity index (χ1n) is 23.3. The van der Waals surface area contributed by atoms with Gasteiger partial charge in [0, 0.05) is 51.7 Å². The normalized spacial score (nSPS) is 20.4. The fraction of sp³-hybridized carbons (Fsp3) is 0.310. The van der Waals surface area contributed by atoms with Gasteiger partial charge in [0.15, 0.2) is 0 Å². The molecule has 5 aliphatic carbocycles. The van der Waals surface area contributed by atoms with Crippen LogP contribution < -0.4 is 20.2 Å². The molecule has 0 aliphatic heterocycles. The van der Waals surface area contributed by atoms with Crippen LogP contribution in [0.2, 0.25) is 0 Å². The molecular formula is C58H58N2O. The number of furan rings is 1. The fourth-order valence-corrected chi connectivity index (χ4v) is 11.6. The molecule has 1 aromatic heterocycles. The van der Waals surface area contributed by atoms with Crippen molar-refractivity contribution in [1.82, 2.24) is 0 Å². The van der Waals surface area contributed by atoms with E-state index in [4.69, 9.17) is 4.42 Å². The van der Waals surface area contributed by atoms with Crippen molar-refractivity contribution in [1.29, 1.82) is 0 Å². The Bertz CT molecular complexity index is 2780. The molecule has 0 radical (unpaired) electrons. The highest BCUT2D eigenvalue weighted by Gasteiger charge is 2.32. The summed E-state index contributed by atoms with van der Waals surface area (Å²) in [5.74, 6) is 2.75. The zero-order chi connectivity index (χ0) is 40.9. The van der Waals surface area contributed by atoms with Crippen LogP contribution in [0.4, 0.5) is 22.7 Å². The Morgan fingerprint density at radius 1 is 0.574 bits per heavy atom. The molecule has 6 aromatic rings. The molecule has 61 heavy (non-hydrogen) atoms. The van der Waals surface area contributed by atoms with Crippen molar-refractivity contribution in [2.75, 3.05) is 9.80 Å². The Kier molecular flexibility index (Phi) is 10.2. The first-order valence-corrected chi connectivity index (χ1v) is 23.3. The van der Waals surface area contributed by atoms with Crippen LogP contribution >= 0.6 is 0 Å². The molecule has 5 aliphatic rings. The van der Waals surface area contributed by atoms with E-state index >= 15 is 0 Å². The number of nitrogens with zero attached hydrogens (tertiary/aromatic N) is 2. The second-order valence-electron chi connectivity index (χ2n) is 18.5. The minimum absolute atomic E-state index is 0.204. The third-order valence-corrected chi connectivity index (χ3v) is 15.0. The topological polar surface area (TPSA) is 19.6 Å². The standard InChI is InChI=1S/C58H58N2O/c1-39-51-37-57-53(35-45(51)27-33-55(39)59(47-19-11-5-12-20-47)49-29-23-43(24-30-49)41-15-7-3-8-16-41)54-36-46-28-34-56(40(2)52(46)38-58(54)61-57)60(48-21-13-6-14-22-48)50-31-25-44(26-32-50)42-17-9-4-10-18-42/h5-6,11-14,19-33,35-36,38,41-42,51,56H,3-4,7-10,15-18,34,37H2,1-2H3. The van der Waals surface area contributed by atoms with Gasteiger partial charge < -0.3 is 14.2 Å². The summed E-state index contributed by atoms with van der Waals surface area (Å²) in [6.45, 7) is 4.68. The van der Waals surface area contributed by atoms with Crippen molar-refractivity contribution in [3.63, 3.8) is 0 Å². The van der Waals surface area contributed by atoms with E-state index in [1.807, 2.05) is 0 Å². The Morgan fingerprint density at radius 3 is 1.79 bits per heavy atom. The van der Waals surface area contributed by atoms with Gasteiger partial charge in [-0.05, 0) is 169 Å². The number of rotatable bonds is 8. The van der Waals surface area contributed by atoms with Gasteiger partial charge in [0.1, 0.15) is 11.3 Å². The number of anilines is 4. The Balaban J connectivity index is 0.922. The zero-order valence-corrected chi connectivity index (χ0v) is 36.0. The van der Waals surface area contributed by atoms with Gasteiger partial charge in [-0.2, -0.15) is 0 Å². The SMILES string of the molecule is CC1=C(N(c2ccccc2)c2ccc(C3CCCCC3)cc2)C=CC2=Cc3c(oc4cc5c(cc34)=CCC(N(c3ccccc3)c3ccc(C4CCCCC4)cc3)C=5C)CC21. The van der Waals surface area contributed by atoms with Crippen molar-refractivity contribution in [2.24, 2.45) is 5.92 Å². The van der Waals surface area contributed by atoms with E-state index in [2.05, 4.69) is 169 Å². The summed E-state index contributed by atoms with van der Waals surface area (Å²) in [7, 11) is 0. The first kappa shape index (κ1) is 38.1. The van der Waals surface area contributed by atoms with Gasteiger partial charge in [-0.15, -0.1) is 0 Å². The second kappa shape index (κ2) is 16.2. The monoisotopic (exact) mass is 798 g/mol. The molecule has 3 nitrogen and oxygen atoms in total. The maximum absolute atomic E-state index is 6.93. The van der Waals surface area contributed by atoms with Crippen LogP contribution in [0.5, 0.6) is 0 Å². The van der Waals surface area contributed by atoms with Gasteiger partial charge in [0.2, 0.25) is 0 Å². The lowest BCUT2D eigenvalue weighted by Crippen LogP contribution is -2.41. The van der Waals surface area contributed by atoms with Crippen LogP contribution in [0.15, 0.2) is 155 Å². The average Bonchev–Trinajstić information content (AvgIpc) is 3.67. The van der Waals surface area contributed by atoms with Crippen molar-refractivity contribution < 1.29 is 4.42 Å². The maximum Gasteiger partial charge on any atom is 0.135 e. The molecule has 2 atom stereocenters. The third-order valence-electron chi connectivity index (χ3n) is 15.0. The van der Waals surface area contributed by atoms with E-state index in [0.29, 0.717) is 11.8 Å². The van der Waals surface area contributed by atoms with E-state index in [0.717, 1.165) is 24.2 Å². The lowest BCUT2D eigenvalue weighted by molar-refractivity contribution is 0.443. The predicted octanol–water partition coefficient (Wildman–Crippen LogP) is 14.3. The summed E-state index contributed by atoms with van der Waals surface area (Å²) in [4.78, 5) is 5.03. The number of allylic oxidation sites excluding steroid dienone is 4. The molecule has 0 bridgehead atoms. The van der Waals surface area contributed by atoms with Crippen molar-refractivity contribution in [3.05, 3.63) is 183 Å². The van der Waals surface area contributed by atoms with E-state index < -0.39 is 0 Å². The molecule has 0 spiro atoms. The molecule has 2 unspecified atom stereocenters. The molecule has 0 amide bonds. The number of benzene rings is 5. The highest BCUT2D eigenvalue weighted by molar-refractivity contribution is 5.91. The van der Waals surface area contributed by atoms with Gasteiger partial charge in [0.25, 0.3) is 0 Å². The molecule has 0 saturated heterocycles. The number of para-hydroxylation sites is 2. The molecule has 306 valence electrons. The summed E-state index contributed by atoms with van der Waals surface area (Å²) in [6.07, 6.45) is 24.9. The number of hydrogen-bond acceptors (Lipinski definition) is 3. The largest absolute Gasteiger partial charge is 0.460 e. The van der Waals surface area contributed by atoms with Crippen molar-refractivity contribution in [2.45, 2.75) is 109 Å². The highest BCUT2D eigenvalue weighted by Crippen LogP contribution is 2.45. The summed E-state index contributed by atoms with van der Waals surface area (Å²) < 4.78 is 6.93. The van der Waals surface area contributed by atoms with Gasteiger partial charge in [-0.3, -0.25) is 0 Å². The Hall–Kier alpha value is -5.80. The van der Waals surface area contributed by atoms with Gasteiger partial charge in [-0.1, -0.05) is 111 Å². The average molecular weight is 799 g/mol. The summed E-state index contributed by atoms with van der Waals surface area (Å²) in [6, 6.07) is 45.9. The van der Waals surface area contributed by atoms with Crippen LogP contribution in [0.25, 0.3) is 28.7 Å². The van der Waals surface area contributed by atoms with Crippen LogP contribution in [0, 0.1) is 5.92 Å². The molecule has 5 aromatic carbocycles. The quantitative estimate of drug-likeness (QED) is 0.153. The minimum Gasteiger partial charge on any atom is -0.460 e. The molecule has 1 heterocycles. The van der Waals surface area contributed by atoms with Crippen molar-refractivity contribution >= 4 is 51.4 Å². The van der Waals surface area contributed by atoms with Gasteiger partial charge >= 0.3 is 0 Å². The number of fused-ring (bicyclic) bond motifs is 5. The van der Waals surface area contributed by atoms with E-state index in [1.165, 1.54) is 142 Å². The van der Waals surface area contributed by atoms with Crippen molar-refractivity contribution in [3.8, 4) is 0 Å². The molecule has 2 saturated carbocycles. The second-order valence-corrected chi connectivity index (χ2v) is 18.5. The fourth-order valence-electron chi connectivity index (χ4n) is 11.6. The van der Waals surface area contributed by atoms with Crippen LogP contribution in [-0.4, -0.2) is 6.04 Å². The van der Waals surface area contributed by atoms with E-state index in [9.17, 15) is 0 Å². The van der Waals surface area contributed by atoms with Gasteiger partial charge in [0.05, 0.1) is 6.04 Å². The van der Waals surface area contributed by atoms with E-state index in [1.54, 1.807) is 0 Å². The van der Waals surface area contributed by atoms with Crippen LogP contribution in [0.3, 0.4) is 0 Å². The van der Waals surface area contributed by atoms with Crippen LogP contribution in [-0.2, 0) is 6.42 Å². The first-order chi connectivity index (χ1) is 30.1. The zero-order valence-electron chi connectivity index (χ0n) is 36.0. The Labute approximate surface area is 362 Å². The molecular weight excluding hydrogens is 741 g/mol. The lowest BCUT2D eigenvalue weighted by atomic mass is 9.78. The summed E-state index contributed by atoms with van der Waals surface area (Å²) >= 11 is 0. The highest BCUT2D eigenvalue weighted by atomic mass is 16.3. The Morgan fingerprint density at radius 2 is 1.15 bits per heavy atom. The minimum atomic E-state index is 0.204. The smallest absolute Gasteiger partial charge is 0.135 e. The summed E-state index contributed by atoms with van der Waals surface area (Å²) in [5, 5.41) is 3.84. The summed E-state index contributed by atoms with van der Waals surface area (Å²) in [5.41, 5.74) is 15.5.